The largest absolute Gasteiger partial charge is 0.330 e. The highest BCUT2D eigenvalue weighted by atomic mass is 32.2. The van der Waals surface area contributed by atoms with E-state index in [0.29, 0.717) is 5.92 Å². The zero-order valence-electron chi connectivity index (χ0n) is 9.82. The van der Waals surface area contributed by atoms with Crippen molar-refractivity contribution >= 4 is 23.1 Å². The lowest BCUT2D eigenvalue weighted by atomic mass is 9.99. The van der Waals surface area contributed by atoms with Crippen LogP contribution in [0.2, 0.25) is 0 Å². The van der Waals surface area contributed by atoms with Crippen LogP contribution in [0.1, 0.15) is 35.6 Å². The normalized spacial score (nSPS) is 19.9. The van der Waals surface area contributed by atoms with E-state index in [4.69, 9.17) is 5.73 Å². The van der Waals surface area contributed by atoms with Crippen LogP contribution in [-0.4, -0.2) is 23.0 Å². The van der Waals surface area contributed by atoms with Crippen LogP contribution in [0.4, 0.5) is 0 Å². The second-order valence-corrected chi connectivity index (χ2v) is 6.92. The summed E-state index contributed by atoms with van der Waals surface area (Å²) >= 11 is 3.95. The number of thioether (sulfide) groups is 1. The Morgan fingerprint density at radius 1 is 1.50 bits per heavy atom. The molecular weight excluding hydrogens is 236 g/mol. The van der Waals surface area contributed by atoms with Crippen LogP contribution in [0.25, 0.3) is 0 Å². The van der Waals surface area contributed by atoms with Gasteiger partial charge in [0.1, 0.15) is 0 Å². The lowest BCUT2D eigenvalue weighted by Crippen LogP contribution is -2.11. The minimum Gasteiger partial charge on any atom is -0.330 e. The van der Waals surface area contributed by atoms with Crippen molar-refractivity contribution in [2.45, 2.75) is 32.1 Å². The van der Waals surface area contributed by atoms with E-state index in [2.05, 4.69) is 23.7 Å². The topological polar surface area (TPSA) is 38.9 Å². The monoisotopic (exact) mass is 256 g/mol. The molecule has 1 aromatic rings. The molecule has 0 saturated carbocycles. The second-order valence-electron chi connectivity index (χ2n) is 4.55. The summed E-state index contributed by atoms with van der Waals surface area (Å²) in [6.45, 7) is 2.90. The lowest BCUT2D eigenvalue weighted by molar-refractivity contribution is 0.487. The van der Waals surface area contributed by atoms with E-state index in [0.717, 1.165) is 12.5 Å². The van der Waals surface area contributed by atoms with Gasteiger partial charge in [0.2, 0.25) is 0 Å². The molecule has 0 radical (unpaired) electrons. The number of nitrogens with zero attached hydrogens (tertiary/aromatic N) is 1. The summed E-state index contributed by atoms with van der Waals surface area (Å²) in [5.74, 6) is 4.01. The number of thiazole rings is 1. The van der Waals surface area contributed by atoms with Crippen LogP contribution in [0.5, 0.6) is 0 Å². The Hall–Kier alpha value is -0.0600. The first-order chi connectivity index (χ1) is 7.79. The van der Waals surface area contributed by atoms with Crippen molar-refractivity contribution < 1.29 is 0 Å². The molecule has 2 rings (SSSR count). The average molecular weight is 256 g/mol. The smallest absolute Gasteiger partial charge is 0.0930 e. The minimum absolute atomic E-state index is 0.466. The van der Waals surface area contributed by atoms with Crippen LogP contribution in [0, 0.1) is 5.92 Å². The first-order valence-electron chi connectivity index (χ1n) is 6.02. The Balaban J connectivity index is 1.91. The summed E-state index contributed by atoms with van der Waals surface area (Å²) < 4.78 is 0. The first-order valence-corrected chi connectivity index (χ1v) is 7.99. The Morgan fingerprint density at radius 2 is 2.25 bits per heavy atom. The third-order valence-electron chi connectivity index (χ3n) is 3.21. The maximum absolute atomic E-state index is 5.67. The van der Waals surface area contributed by atoms with E-state index in [-0.39, 0.29) is 0 Å². The molecule has 0 amide bonds. The van der Waals surface area contributed by atoms with Gasteiger partial charge in [-0.25, -0.2) is 4.98 Å². The van der Waals surface area contributed by atoms with Crippen LogP contribution < -0.4 is 5.73 Å². The Kier molecular flexibility index (Phi) is 4.67. The van der Waals surface area contributed by atoms with Gasteiger partial charge in [-0.2, -0.15) is 11.8 Å². The number of nitrogens with two attached hydrogens (primary N) is 1. The standard InChI is InChI=1S/C12H20N2S2/c1-9(7-13)11-8-14-12(16-11)6-10-2-4-15-5-3-10/h8-10H,2-7,13H2,1H3. The van der Waals surface area contributed by atoms with Gasteiger partial charge >= 0.3 is 0 Å². The number of hydrogen-bond donors (Lipinski definition) is 1. The van der Waals surface area contributed by atoms with Crippen molar-refractivity contribution in [3.63, 3.8) is 0 Å². The predicted octanol–water partition coefficient (Wildman–Crippen LogP) is 2.89. The van der Waals surface area contributed by atoms with Gasteiger partial charge in [-0.05, 0) is 36.8 Å². The summed E-state index contributed by atoms with van der Waals surface area (Å²) in [6, 6.07) is 0. The van der Waals surface area contributed by atoms with E-state index in [1.807, 2.05) is 17.5 Å². The zero-order chi connectivity index (χ0) is 11.4. The fraction of sp³-hybridized carbons (Fsp3) is 0.750. The van der Waals surface area contributed by atoms with Crippen molar-refractivity contribution in [1.82, 2.24) is 4.98 Å². The summed E-state index contributed by atoms with van der Waals surface area (Å²) in [4.78, 5) is 5.89. The molecule has 1 aromatic heterocycles. The molecular formula is C12H20N2S2. The maximum atomic E-state index is 5.67. The van der Waals surface area contributed by atoms with Crippen molar-refractivity contribution in [3.05, 3.63) is 16.1 Å². The highest BCUT2D eigenvalue weighted by Gasteiger charge is 2.16. The highest BCUT2D eigenvalue weighted by molar-refractivity contribution is 7.99. The van der Waals surface area contributed by atoms with Crippen LogP contribution in [0.3, 0.4) is 0 Å². The molecule has 1 aliphatic heterocycles. The van der Waals surface area contributed by atoms with E-state index in [9.17, 15) is 0 Å². The second kappa shape index (κ2) is 6.03. The summed E-state index contributed by atoms with van der Waals surface area (Å²) in [7, 11) is 0. The number of hydrogen-bond acceptors (Lipinski definition) is 4. The van der Waals surface area contributed by atoms with Gasteiger partial charge in [0.25, 0.3) is 0 Å². The zero-order valence-corrected chi connectivity index (χ0v) is 11.4. The van der Waals surface area contributed by atoms with Crippen molar-refractivity contribution in [2.75, 3.05) is 18.1 Å². The van der Waals surface area contributed by atoms with Gasteiger partial charge in [-0.15, -0.1) is 11.3 Å². The molecule has 1 fully saturated rings. The third-order valence-corrected chi connectivity index (χ3v) is 5.51. The summed E-state index contributed by atoms with van der Waals surface area (Å²) in [5, 5.41) is 1.31. The van der Waals surface area contributed by atoms with Crippen molar-refractivity contribution in [1.29, 1.82) is 0 Å². The van der Waals surface area contributed by atoms with Crippen LogP contribution in [-0.2, 0) is 6.42 Å². The Bertz CT molecular complexity index is 319. The average Bonchev–Trinajstić information content (AvgIpc) is 2.78. The molecule has 1 unspecified atom stereocenters. The van der Waals surface area contributed by atoms with Gasteiger partial charge in [0, 0.05) is 23.4 Å². The quantitative estimate of drug-likeness (QED) is 0.900. The molecule has 1 saturated heterocycles. The molecule has 0 aromatic carbocycles. The number of rotatable bonds is 4. The Labute approximate surface area is 106 Å². The fourth-order valence-corrected chi connectivity index (χ4v) is 4.26. The highest BCUT2D eigenvalue weighted by Crippen LogP contribution is 2.29. The fourth-order valence-electron chi connectivity index (χ4n) is 1.96. The molecule has 2 heterocycles. The van der Waals surface area contributed by atoms with Crippen molar-refractivity contribution in [2.24, 2.45) is 11.7 Å². The maximum Gasteiger partial charge on any atom is 0.0930 e. The molecule has 0 bridgehead atoms. The lowest BCUT2D eigenvalue weighted by Gasteiger charge is -2.19. The predicted molar refractivity (Wildman–Crippen MR) is 73.3 cm³/mol. The van der Waals surface area contributed by atoms with Crippen LogP contribution >= 0.6 is 23.1 Å². The first kappa shape index (κ1) is 12.4. The summed E-state index contributed by atoms with van der Waals surface area (Å²) in [5.41, 5.74) is 5.67. The third kappa shape index (κ3) is 3.22. The van der Waals surface area contributed by atoms with Gasteiger partial charge in [-0.1, -0.05) is 6.92 Å². The van der Waals surface area contributed by atoms with Crippen LogP contribution in [0.15, 0.2) is 6.20 Å². The molecule has 16 heavy (non-hydrogen) atoms. The Morgan fingerprint density at radius 3 is 2.94 bits per heavy atom. The summed E-state index contributed by atoms with van der Waals surface area (Å²) in [6.07, 6.45) is 5.94. The van der Waals surface area contributed by atoms with E-state index in [1.54, 1.807) is 0 Å². The van der Waals surface area contributed by atoms with Gasteiger partial charge < -0.3 is 5.73 Å². The van der Waals surface area contributed by atoms with Gasteiger partial charge in [0.05, 0.1) is 5.01 Å². The van der Waals surface area contributed by atoms with E-state index in [1.165, 1.54) is 40.7 Å². The molecule has 1 atom stereocenters. The van der Waals surface area contributed by atoms with Gasteiger partial charge in [-0.3, -0.25) is 0 Å². The molecule has 2 N–H and O–H groups in total. The molecule has 1 aliphatic rings. The molecule has 0 spiro atoms. The molecule has 2 nitrogen and oxygen atoms in total. The molecule has 4 heteroatoms. The van der Waals surface area contributed by atoms with E-state index >= 15 is 0 Å². The molecule has 0 aliphatic carbocycles. The minimum atomic E-state index is 0.466. The van der Waals surface area contributed by atoms with Gasteiger partial charge in [0.15, 0.2) is 0 Å². The SMILES string of the molecule is CC(CN)c1cnc(CC2CCSCC2)s1. The van der Waals surface area contributed by atoms with E-state index < -0.39 is 0 Å². The molecule has 90 valence electrons. The number of aromatic nitrogens is 1. The van der Waals surface area contributed by atoms with Crippen molar-refractivity contribution in [3.8, 4) is 0 Å².